The maximum atomic E-state index is 11.4. The van der Waals surface area contributed by atoms with Crippen LogP contribution < -0.4 is 4.90 Å². The number of pyridine rings is 1. The van der Waals surface area contributed by atoms with Crippen LogP contribution in [0.5, 0.6) is 0 Å². The maximum absolute atomic E-state index is 11.4. The summed E-state index contributed by atoms with van der Waals surface area (Å²) in [4.78, 5) is 17.7. The molecule has 6 heteroatoms. The van der Waals surface area contributed by atoms with Crippen molar-refractivity contribution in [3.8, 4) is 0 Å². The fourth-order valence-corrected chi connectivity index (χ4v) is 3.04. The van der Waals surface area contributed by atoms with Crippen molar-refractivity contribution in [2.75, 3.05) is 29.5 Å². The fraction of sp³-hybridized carbons (Fsp3) is 0.538. The van der Waals surface area contributed by atoms with Gasteiger partial charge in [0, 0.05) is 41.1 Å². The van der Waals surface area contributed by atoms with Crippen LogP contribution in [0.1, 0.15) is 35.8 Å². The predicted molar refractivity (Wildman–Crippen MR) is 75.4 cm³/mol. The largest absolute Gasteiger partial charge is 0.478 e. The summed E-state index contributed by atoms with van der Waals surface area (Å²) in [5, 5.41) is 9.16. The monoisotopic (exact) mass is 282 g/mol. The SMILES string of the molecule is CC(C)c1cc(C(=O)O)cc(N2CCS(=O)CC2)n1. The summed E-state index contributed by atoms with van der Waals surface area (Å²) in [6.07, 6.45) is 0. The van der Waals surface area contributed by atoms with Gasteiger partial charge in [-0.25, -0.2) is 9.78 Å². The number of anilines is 1. The van der Waals surface area contributed by atoms with E-state index in [0.29, 0.717) is 30.4 Å². The van der Waals surface area contributed by atoms with Gasteiger partial charge in [-0.15, -0.1) is 0 Å². The van der Waals surface area contributed by atoms with Crippen LogP contribution in [-0.2, 0) is 10.8 Å². The van der Waals surface area contributed by atoms with Gasteiger partial charge in [-0.1, -0.05) is 13.8 Å². The molecule has 104 valence electrons. The Morgan fingerprint density at radius 1 is 1.37 bits per heavy atom. The van der Waals surface area contributed by atoms with E-state index in [1.807, 2.05) is 18.7 Å². The second kappa shape index (κ2) is 5.69. The Balaban J connectivity index is 2.33. The van der Waals surface area contributed by atoms with E-state index in [1.165, 1.54) is 0 Å². The van der Waals surface area contributed by atoms with Gasteiger partial charge in [0.05, 0.1) is 5.56 Å². The van der Waals surface area contributed by atoms with Gasteiger partial charge in [-0.05, 0) is 18.1 Å². The standard InChI is InChI=1S/C13H18N2O3S/c1-9(2)11-7-10(13(16)17)8-12(14-11)15-3-5-19(18)6-4-15/h7-9H,3-6H2,1-2H3,(H,16,17). The van der Waals surface area contributed by atoms with Crippen molar-refractivity contribution < 1.29 is 14.1 Å². The van der Waals surface area contributed by atoms with E-state index in [0.717, 1.165) is 5.69 Å². The summed E-state index contributed by atoms with van der Waals surface area (Å²) in [6, 6.07) is 3.22. The Kier molecular flexibility index (Phi) is 4.19. The van der Waals surface area contributed by atoms with Crippen molar-refractivity contribution in [3.05, 3.63) is 23.4 Å². The minimum atomic E-state index is -0.939. The topological polar surface area (TPSA) is 70.5 Å². The zero-order chi connectivity index (χ0) is 14.0. The third kappa shape index (κ3) is 3.32. The Morgan fingerprint density at radius 2 is 2.00 bits per heavy atom. The molecule has 0 spiro atoms. The minimum Gasteiger partial charge on any atom is -0.478 e. The number of carboxylic acids is 1. The predicted octanol–water partition coefficient (Wildman–Crippen LogP) is 1.47. The number of hydrogen-bond donors (Lipinski definition) is 1. The molecule has 0 amide bonds. The van der Waals surface area contributed by atoms with Gasteiger partial charge < -0.3 is 10.0 Å². The Bertz CT molecular complexity index is 507. The molecule has 2 rings (SSSR count). The first-order chi connectivity index (χ1) is 8.97. The van der Waals surface area contributed by atoms with Crippen LogP contribution in [0.25, 0.3) is 0 Å². The fourth-order valence-electron chi connectivity index (χ4n) is 1.99. The molecule has 5 nitrogen and oxygen atoms in total. The summed E-state index contributed by atoms with van der Waals surface area (Å²) < 4.78 is 11.4. The molecule has 0 radical (unpaired) electrons. The Hall–Kier alpha value is -1.43. The van der Waals surface area contributed by atoms with Gasteiger partial charge in [-0.2, -0.15) is 0 Å². The van der Waals surface area contributed by atoms with Gasteiger partial charge >= 0.3 is 5.97 Å². The summed E-state index contributed by atoms with van der Waals surface area (Å²) in [7, 11) is -0.749. The summed E-state index contributed by atoms with van der Waals surface area (Å²) >= 11 is 0. The first-order valence-electron chi connectivity index (χ1n) is 6.32. The average molecular weight is 282 g/mol. The normalized spacial score (nSPS) is 16.9. The van der Waals surface area contributed by atoms with Gasteiger partial charge in [0.1, 0.15) is 5.82 Å². The molecular formula is C13H18N2O3S. The molecule has 1 aliphatic heterocycles. The van der Waals surface area contributed by atoms with Crippen LogP contribution in [0.15, 0.2) is 12.1 Å². The number of carboxylic acid groups (broad SMARTS) is 1. The maximum Gasteiger partial charge on any atom is 0.335 e. The number of nitrogens with zero attached hydrogens (tertiary/aromatic N) is 2. The molecule has 0 unspecified atom stereocenters. The molecular weight excluding hydrogens is 264 g/mol. The van der Waals surface area contributed by atoms with Crippen LogP contribution in [0.3, 0.4) is 0 Å². The first kappa shape index (κ1) is 14.0. The van der Waals surface area contributed by atoms with Crippen LogP contribution in [-0.4, -0.2) is 44.9 Å². The highest BCUT2D eigenvalue weighted by atomic mass is 32.2. The van der Waals surface area contributed by atoms with E-state index in [4.69, 9.17) is 5.11 Å². The zero-order valence-electron chi connectivity index (χ0n) is 11.1. The summed E-state index contributed by atoms with van der Waals surface area (Å²) in [6.45, 7) is 5.31. The summed E-state index contributed by atoms with van der Waals surface area (Å²) in [5.41, 5.74) is 1.04. The lowest BCUT2D eigenvalue weighted by molar-refractivity contribution is 0.0696. The molecule has 0 bridgehead atoms. The highest BCUT2D eigenvalue weighted by molar-refractivity contribution is 7.85. The van der Waals surface area contributed by atoms with Gasteiger partial charge in [0.25, 0.3) is 0 Å². The molecule has 1 aliphatic rings. The third-order valence-electron chi connectivity index (χ3n) is 3.17. The molecule has 1 saturated heterocycles. The van der Waals surface area contributed by atoms with Gasteiger partial charge in [0.2, 0.25) is 0 Å². The highest BCUT2D eigenvalue weighted by Crippen LogP contribution is 2.21. The molecule has 19 heavy (non-hydrogen) atoms. The zero-order valence-corrected chi connectivity index (χ0v) is 11.9. The van der Waals surface area contributed by atoms with E-state index < -0.39 is 16.8 Å². The number of rotatable bonds is 3. The van der Waals surface area contributed by atoms with E-state index in [1.54, 1.807) is 12.1 Å². The van der Waals surface area contributed by atoms with Gasteiger partial charge in [0.15, 0.2) is 0 Å². The third-order valence-corrected chi connectivity index (χ3v) is 4.45. The van der Waals surface area contributed by atoms with Crippen LogP contribution in [0, 0.1) is 0 Å². The van der Waals surface area contributed by atoms with Crippen LogP contribution >= 0.6 is 0 Å². The number of hydrogen-bond acceptors (Lipinski definition) is 4. The quantitative estimate of drug-likeness (QED) is 0.909. The molecule has 0 aromatic carbocycles. The molecule has 2 heterocycles. The molecule has 1 aromatic heterocycles. The lowest BCUT2D eigenvalue weighted by Crippen LogP contribution is -2.38. The first-order valence-corrected chi connectivity index (χ1v) is 7.81. The van der Waals surface area contributed by atoms with Gasteiger partial charge in [-0.3, -0.25) is 4.21 Å². The second-order valence-electron chi connectivity index (χ2n) is 4.93. The van der Waals surface area contributed by atoms with E-state index in [-0.39, 0.29) is 11.5 Å². The number of aromatic nitrogens is 1. The van der Waals surface area contributed by atoms with E-state index in [9.17, 15) is 9.00 Å². The smallest absolute Gasteiger partial charge is 0.335 e. The Morgan fingerprint density at radius 3 is 2.53 bits per heavy atom. The lowest BCUT2D eigenvalue weighted by Gasteiger charge is -2.28. The van der Waals surface area contributed by atoms with E-state index in [2.05, 4.69) is 4.98 Å². The minimum absolute atomic E-state index is 0.178. The Labute approximate surface area is 115 Å². The van der Waals surface area contributed by atoms with Crippen molar-refractivity contribution in [2.45, 2.75) is 19.8 Å². The average Bonchev–Trinajstić information content (AvgIpc) is 2.39. The molecule has 0 atom stereocenters. The summed E-state index contributed by atoms with van der Waals surface area (Å²) in [5.74, 6) is 1.16. The van der Waals surface area contributed by atoms with Crippen LogP contribution in [0.4, 0.5) is 5.82 Å². The molecule has 1 fully saturated rings. The highest BCUT2D eigenvalue weighted by Gasteiger charge is 2.19. The lowest BCUT2D eigenvalue weighted by atomic mass is 10.1. The van der Waals surface area contributed by atoms with Crippen molar-refractivity contribution in [1.82, 2.24) is 4.98 Å². The van der Waals surface area contributed by atoms with Crippen LogP contribution in [0.2, 0.25) is 0 Å². The van der Waals surface area contributed by atoms with Crippen molar-refractivity contribution in [1.29, 1.82) is 0 Å². The van der Waals surface area contributed by atoms with E-state index >= 15 is 0 Å². The molecule has 1 aromatic rings. The second-order valence-corrected chi connectivity index (χ2v) is 6.63. The molecule has 0 aliphatic carbocycles. The van der Waals surface area contributed by atoms with Crippen molar-refractivity contribution >= 4 is 22.6 Å². The molecule has 0 saturated carbocycles. The number of aromatic carboxylic acids is 1. The van der Waals surface area contributed by atoms with Crippen molar-refractivity contribution in [2.24, 2.45) is 0 Å². The van der Waals surface area contributed by atoms with Crippen molar-refractivity contribution in [3.63, 3.8) is 0 Å². The molecule has 1 N–H and O–H groups in total. The number of carbonyl (C=O) groups is 1.